The molecule has 0 spiro atoms. The number of aliphatic hydroxyl groups excluding tert-OH is 1. The zero-order valence-corrected chi connectivity index (χ0v) is 20.0. The molecule has 31 heavy (non-hydrogen) atoms. The van der Waals surface area contributed by atoms with E-state index in [1.807, 2.05) is 12.5 Å². The first-order valence-corrected chi connectivity index (χ1v) is 12.4. The average molecular weight is 429 g/mol. The molecule has 5 rings (SSSR count). The Morgan fingerprint density at radius 3 is 2.52 bits per heavy atom. The minimum Gasteiger partial charge on any atom is -0.472 e. The highest BCUT2D eigenvalue weighted by atomic mass is 16.5. The molecule has 1 N–H and O–H groups in total. The van der Waals surface area contributed by atoms with Gasteiger partial charge in [0.25, 0.3) is 0 Å². The summed E-state index contributed by atoms with van der Waals surface area (Å²) >= 11 is 0. The smallest absolute Gasteiger partial charge is 0.302 e. The monoisotopic (exact) mass is 428 g/mol. The Labute approximate surface area is 187 Å². The number of carbonyl (C=O) groups is 1. The molecular formula is C27H40O4. The minimum atomic E-state index is -0.199. The third-order valence-corrected chi connectivity index (χ3v) is 11.0. The predicted octanol–water partition coefficient (Wildman–Crippen LogP) is 5.66. The van der Waals surface area contributed by atoms with E-state index in [1.54, 1.807) is 6.92 Å². The highest BCUT2D eigenvalue weighted by Gasteiger charge is 2.68. The number of aryl methyl sites for hydroxylation is 1. The van der Waals surface area contributed by atoms with Gasteiger partial charge in [-0.15, -0.1) is 0 Å². The molecule has 4 nitrogen and oxygen atoms in total. The number of hydrogen-bond donors (Lipinski definition) is 1. The molecule has 0 saturated heterocycles. The van der Waals surface area contributed by atoms with Gasteiger partial charge in [0.15, 0.2) is 0 Å². The molecule has 1 heterocycles. The second kappa shape index (κ2) is 6.85. The van der Waals surface area contributed by atoms with Gasteiger partial charge in [0.1, 0.15) is 6.10 Å². The van der Waals surface area contributed by atoms with Crippen molar-refractivity contribution in [1.29, 1.82) is 0 Å². The van der Waals surface area contributed by atoms with Gasteiger partial charge in [-0.25, -0.2) is 0 Å². The lowest BCUT2D eigenvalue weighted by atomic mass is 9.35. The molecule has 0 bridgehead atoms. The summed E-state index contributed by atoms with van der Waals surface area (Å²) < 4.78 is 11.8. The van der Waals surface area contributed by atoms with Gasteiger partial charge in [-0.1, -0.05) is 34.1 Å². The maximum Gasteiger partial charge on any atom is 0.302 e. The summed E-state index contributed by atoms with van der Waals surface area (Å²) in [7, 11) is 0. The first-order valence-electron chi connectivity index (χ1n) is 12.4. The van der Waals surface area contributed by atoms with Crippen molar-refractivity contribution in [3.05, 3.63) is 23.7 Å². The maximum atomic E-state index is 12.3. The van der Waals surface area contributed by atoms with Crippen molar-refractivity contribution in [2.75, 3.05) is 6.61 Å². The molecule has 4 heteroatoms. The van der Waals surface area contributed by atoms with Gasteiger partial charge < -0.3 is 14.3 Å². The van der Waals surface area contributed by atoms with Crippen LogP contribution in [0.4, 0.5) is 0 Å². The number of carbonyl (C=O) groups excluding carboxylic acids is 1. The van der Waals surface area contributed by atoms with Crippen molar-refractivity contribution in [3.8, 4) is 0 Å². The summed E-state index contributed by atoms with van der Waals surface area (Å²) in [6.45, 7) is 11.5. The van der Waals surface area contributed by atoms with Gasteiger partial charge in [-0.3, -0.25) is 4.79 Å². The van der Waals surface area contributed by atoms with Crippen molar-refractivity contribution >= 4 is 5.97 Å². The molecule has 0 aliphatic heterocycles. The van der Waals surface area contributed by atoms with Crippen molar-refractivity contribution in [3.63, 3.8) is 0 Å². The number of furan rings is 1. The van der Waals surface area contributed by atoms with E-state index in [0.717, 1.165) is 25.7 Å². The van der Waals surface area contributed by atoms with Crippen LogP contribution < -0.4 is 0 Å². The van der Waals surface area contributed by atoms with E-state index in [1.165, 1.54) is 36.8 Å². The molecule has 0 aromatic carbocycles. The summed E-state index contributed by atoms with van der Waals surface area (Å²) in [5.41, 5.74) is 2.76. The van der Waals surface area contributed by atoms with E-state index >= 15 is 0 Å². The van der Waals surface area contributed by atoms with Crippen LogP contribution in [0.15, 0.2) is 16.9 Å². The zero-order chi connectivity index (χ0) is 22.2. The lowest BCUT2D eigenvalue weighted by Crippen LogP contribution is -2.67. The molecule has 4 aliphatic rings. The fraction of sp³-hybridized carbons (Fsp3) is 0.815. The molecule has 4 aliphatic carbocycles. The SMILES string of the molecule is CC(=O)OC1CC2C3(C)CCCC(C)(CO)C3CCC2(C)C2CCc3cocc3C12C. The van der Waals surface area contributed by atoms with Gasteiger partial charge in [0, 0.05) is 24.5 Å². The first-order chi connectivity index (χ1) is 14.6. The standard InChI is InChI=1S/C27H40O4/c1-17(29)31-23-13-22-25(3)11-6-10-24(2,16-28)20(25)9-12-26(22,4)21-8-7-18-14-30-15-19(18)27(21,23)5/h14-15,20-23,28H,6-13,16H2,1-5H3. The van der Waals surface area contributed by atoms with E-state index in [-0.39, 0.29) is 40.3 Å². The lowest BCUT2D eigenvalue weighted by Gasteiger charge is -2.70. The van der Waals surface area contributed by atoms with Crippen LogP contribution in [-0.4, -0.2) is 23.8 Å². The van der Waals surface area contributed by atoms with Crippen LogP contribution >= 0.6 is 0 Å². The van der Waals surface area contributed by atoms with Crippen LogP contribution in [0.2, 0.25) is 0 Å². The van der Waals surface area contributed by atoms with Crippen molar-refractivity contribution < 1.29 is 19.1 Å². The number of aliphatic hydroxyl groups is 1. The van der Waals surface area contributed by atoms with Crippen molar-refractivity contribution in [2.45, 2.75) is 97.5 Å². The van der Waals surface area contributed by atoms with Gasteiger partial charge in [-0.2, -0.15) is 0 Å². The number of esters is 1. The highest BCUT2D eigenvalue weighted by Crippen LogP contribution is 2.72. The summed E-state index contributed by atoms with van der Waals surface area (Å²) in [5, 5.41) is 10.4. The van der Waals surface area contributed by atoms with Crippen LogP contribution in [-0.2, 0) is 21.4 Å². The Morgan fingerprint density at radius 1 is 1.06 bits per heavy atom. The van der Waals surface area contributed by atoms with Crippen LogP contribution in [0, 0.1) is 34.0 Å². The Balaban J connectivity index is 1.63. The molecule has 172 valence electrons. The quantitative estimate of drug-likeness (QED) is 0.618. The first kappa shape index (κ1) is 21.6. The lowest BCUT2D eigenvalue weighted by molar-refractivity contribution is -0.220. The number of hydrogen-bond acceptors (Lipinski definition) is 4. The molecule has 1 aromatic rings. The molecule has 1 aromatic heterocycles. The Hall–Kier alpha value is -1.29. The summed E-state index contributed by atoms with van der Waals surface area (Å²) in [6, 6.07) is 0. The third kappa shape index (κ3) is 2.72. The number of fused-ring (bicyclic) bond motifs is 7. The molecule has 3 saturated carbocycles. The van der Waals surface area contributed by atoms with Crippen LogP contribution in [0.3, 0.4) is 0 Å². The predicted molar refractivity (Wildman–Crippen MR) is 120 cm³/mol. The van der Waals surface area contributed by atoms with Crippen LogP contribution in [0.25, 0.3) is 0 Å². The van der Waals surface area contributed by atoms with E-state index in [2.05, 4.69) is 27.7 Å². The van der Waals surface area contributed by atoms with Crippen molar-refractivity contribution in [1.82, 2.24) is 0 Å². The van der Waals surface area contributed by atoms with Gasteiger partial charge >= 0.3 is 5.97 Å². The van der Waals surface area contributed by atoms with E-state index in [9.17, 15) is 9.90 Å². The largest absolute Gasteiger partial charge is 0.472 e. The van der Waals surface area contributed by atoms with E-state index < -0.39 is 0 Å². The fourth-order valence-corrected chi connectivity index (χ4v) is 9.66. The fourth-order valence-electron chi connectivity index (χ4n) is 9.66. The highest BCUT2D eigenvalue weighted by molar-refractivity contribution is 5.66. The second-order valence-corrected chi connectivity index (χ2v) is 12.3. The average Bonchev–Trinajstić information content (AvgIpc) is 3.19. The second-order valence-electron chi connectivity index (χ2n) is 12.3. The normalized spacial score (nSPS) is 48.7. The molecule has 0 radical (unpaired) electrons. The topological polar surface area (TPSA) is 59.7 Å². The maximum absolute atomic E-state index is 12.3. The molecule has 3 fully saturated rings. The summed E-state index contributed by atoms with van der Waals surface area (Å²) in [6.07, 6.45) is 12.7. The molecule has 8 atom stereocenters. The summed E-state index contributed by atoms with van der Waals surface area (Å²) in [5.74, 6) is 1.33. The Bertz CT molecular complexity index is 874. The van der Waals surface area contributed by atoms with Gasteiger partial charge in [-0.05, 0) is 84.5 Å². The molecular weight excluding hydrogens is 388 g/mol. The summed E-state index contributed by atoms with van der Waals surface area (Å²) in [4.78, 5) is 12.3. The van der Waals surface area contributed by atoms with Gasteiger partial charge in [0.2, 0.25) is 0 Å². The van der Waals surface area contributed by atoms with E-state index in [4.69, 9.17) is 9.15 Å². The zero-order valence-electron chi connectivity index (χ0n) is 20.0. The van der Waals surface area contributed by atoms with Crippen LogP contribution in [0.1, 0.15) is 90.7 Å². The Morgan fingerprint density at radius 2 is 1.81 bits per heavy atom. The van der Waals surface area contributed by atoms with E-state index in [0.29, 0.717) is 17.8 Å². The Kier molecular flexibility index (Phi) is 4.77. The van der Waals surface area contributed by atoms with Gasteiger partial charge in [0.05, 0.1) is 12.5 Å². The van der Waals surface area contributed by atoms with Crippen molar-refractivity contribution in [2.24, 2.45) is 34.0 Å². The third-order valence-electron chi connectivity index (χ3n) is 11.0. The van der Waals surface area contributed by atoms with Crippen LogP contribution in [0.5, 0.6) is 0 Å². The minimum absolute atomic E-state index is 0.0102. The molecule has 8 unspecified atom stereocenters. The number of rotatable bonds is 2. The number of ether oxygens (including phenoxy) is 1. The molecule has 0 amide bonds.